The molecule has 0 aliphatic rings. The zero-order chi connectivity index (χ0) is 16.0. The Hall–Kier alpha value is -2.09. The van der Waals surface area contributed by atoms with Crippen molar-refractivity contribution < 1.29 is 19.1 Å². The molecule has 1 atom stereocenters. The fraction of sp³-hybridized carbons (Fsp3) is 0.615. The third-order valence-electron chi connectivity index (χ3n) is 2.97. The summed E-state index contributed by atoms with van der Waals surface area (Å²) in [6.45, 7) is 6.12. The van der Waals surface area contributed by atoms with Crippen LogP contribution in [0.25, 0.3) is 0 Å². The number of nitrogens with two attached hydrogens (primary N) is 1. The van der Waals surface area contributed by atoms with Crippen LogP contribution in [0.3, 0.4) is 0 Å². The number of carbonyl (C=O) groups is 2. The highest BCUT2D eigenvalue weighted by Crippen LogP contribution is 2.21. The molecule has 0 saturated heterocycles. The van der Waals surface area contributed by atoms with Crippen LogP contribution in [0.4, 0.5) is 5.82 Å². The third kappa shape index (κ3) is 3.94. The van der Waals surface area contributed by atoms with Gasteiger partial charge in [0.15, 0.2) is 5.69 Å². The van der Waals surface area contributed by atoms with E-state index in [2.05, 4.69) is 10.3 Å². The van der Waals surface area contributed by atoms with Crippen LogP contribution in [-0.4, -0.2) is 48.3 Å². The van der Waals surface area contributed by atoms with Gasteiger partial charge in [-0.05, 0) is 20.8 Å². The first-order valence-corrected chi connectivity index (χ1v) is 6.72. The zero-order valence-corrected chi connectivity index (χ0v) is 12.8. The van der Waals surface area contributed by atoms with E-state index < -0.39 is 12.0 Å². The summed E-state index contributed by atoms with van der Waals surface area (Å²) in [4.78, 5) is 27.9. The van der Waals surface area contributed by atoms with Crippen molar-refractivity contribution >= 4 is 17.7 Å². The number of esters is 1. The predicted molar refractivity (Wildman–Crippen MR) is 76.9 cm³/mol. The number of amides is 1. The SMILES string of the molecule is CCOC(=O)c1nc(C)n(C(C)C(=O)NCCOC)c1N. The van der Waals surface area contributed by atoms with Gasteiger partial charge >= 0.3 is 5.97 Å². The van der Waals surface area contributed by atoms with Crippen molar-refractivity contribution in [1.29, 1.82) is 0 Å². The first-order valence-electron chi connectivity index (χ1n) is 6.72. The number of nitrogens with one attached hydrogen (secondary N) is 1. The van der Waals surface area contributed by atoms with E-state index in [4.69, 9.17) is 15.2 Å². The summed E-state index contributed by atoms with van der Waals surface area (Å²) in [5, 5.41) is 2.72. The molecule has 0 bridgehead atoms. The fourth-order valence-corrected chi connectivity index (χ4v) is 1.94. The average Bonchev–Trinajstić information content (AvgIpc) is 2.73. The summed E-state index contributed by atoms with van der Waals surface area (Å²) < 4.78 is 11.3. The number of hydrogen-bond donors (Lipinski definition) is 2. The lowest BCUT2D eigenvalue weighted by Gasteiger charge is -2.16. The molecule has 1 aromatic rings. The van der Waals surface area contributed by atoms with Gasteiger partial charge in [-0.15, -0.1) is 0 Å². The number of ether oxygens (including phenoxy) is 2. The summed E-state index contributed by atoms with van der Waals surface area (Å²) in [6, 6.07) is -0.586. The van der Waals surface area contributed by atoms with Crippen LogP contribution in [0.2, 0.25) is 0 Å². The maximum Gasteiger partial charge on any atom is 0.360 e. The van der Waals surface area contributed by atoms with Crippen LogP contribution < -0.4 is 11.1 Å². The lowest BCUT2D eigenvalue weighted by molar-refractivity contribution is -0.124. The molecule has 0 saturated carbocycles. The maximum atomic E-state index is 12.0. The summed E-state index contributed by atoms with van der Waals surface area (Å²) >= 11 is 0. The van der Waals surface area contributed by atoms with Gasteiger partial charge in [0.1, 0.15) is 17.7 Å². The largest absolute Gasteiger partial charge is 0.461 e. The minimum Gasteiger partial charge on any atom is -0.461 e. The van der Waals surface area contributed by atoms with E-state index in [0.717, 1.165) is 0 Å². The van der Waals surface area contributed by atoms with Crippen LogP contribution in [0.1, 0.15) is 36.2 Å². The number of aromatic nitrogens is 2. The third-order valence-corrected chi connectivity index (χ3v) is 2.97. The van der Waals surface area contributed by atoms with E-state index in [0.29, 0.717) is 19.0 Å². The molecule has 1 heterocycles. The van der Waals surface area contributed by atoms with Crippen LogP contribution in [0.15, 0.2) is 0 Å². The van der Waals surface area contributed by atoms with Crippen LogP contribution in [0, 0.1) is 6.92 Å². The lowest BCUT2D eigenvalue weighted by atomic mass is 10.3. The highest BCUT2D eigenvalue weighted by Gasteiger charge is 2.25. The van der Waals surface area contributed by atoms with E-state index in [1.54, 1.807) is 27.9 Å². The molecule has 21 heavy (non-hydrogen) atoms. The highest BCUT2D eigenvalue weighted by molar-refractivity contribution is 5.93. The minimum atomic E-state index is -0.594. The van der Waals surface area contributed by atoms with Gasteiger partial charge in [0.25, 0.3) is 0 Å². The molecule has 8 heteroatoms. The van der Waals surface area contributed by atoms with Crippen molar-refractivity contribution in [2.45, 2.75) is 26.8 Å². The second-order valence-electron chi connectivity index (χ2n) is 4.44. The fourth-order valence-electron chi connectivity index (χ4n) is 1.94. The molecule has 1 aromatic heterocycles. The maximum absolute atomic E-state index is 12.0. The highest BCUT2D eigenvalue weighted by atomic mass is 16.5. The molecule has 8 nitrogen and oxygen atoms in total. The Morgan fingerprint density at radius 2 is 2.14 bits per heavy atom. The van der Waals surface area contributed by atoms with Gasteiger partial charge in [0, 0.05) is 13.7 Å². The number of anilines is 1. The van der Waals surface area contributed by atoms with Gasteiger partial charge in [-0.3, -0.25) is 4.79 Å². The molecule has 1 unspecified atom stereocenters. The number of hydrogen-bond acceptors (Lipinski definition) is 6. The van der Waals surface area contributed by atoms with Crippen LogP contribution >= 0.6 is 0 Å². The molecule has 0 aliphatic heterocycles. The quantitative estimate of drug-likeness (QED) is 0.552. The van der Waals surface area contributed by atoms with E-state index >= 15 is 0 Å². The van der Waals surface area contributed by atoms with Gasteiger partial charge in [-0.2, -0.15) is 0 Å². The second-order valence-corrected chi connectivity index (χ2v) is 4.44. The van der Waals surface area contributed by atoms with Gasteiger partial charge in [-0.1, -0.05) is 0 Å². The number of carbonyl (C=O) groups excluding carboxylic acids is 2. The standard InChI is InChI=1S/C13H22N4O4/c1-5-21-13(19)10-11(14)17(9(3)16-10)8(2)12(18)15-6-7-20-4/h8H,5-7,14H2,1-4H3,(H,15,18). The summed E-state index contributed by atoms with van der Waals surface area (Å²) in [5.41, 5.74) is 5.96. The van der Waals surface area contributed by atoms with Crippen molar-refractivity contribution in [2.75, 3.05) is 32.6 Å². The Kier molecular flexibility index (Phi) is 6.16. The predicted octanol–water partition coefficient (Wildman–Crippen LogP) is 0.274. The van der Waals surface area contributed by atoms with E-state index in [1.165, 1.54) is 4.57 Å². The Morgan fingerprint density at radius 1 is 1.48 bits per heavy atom. The van der Waals surface area contributed by atoms with E-state index in [-0.39, 0.29) is 24.0 Å². The first kappa shape index (κ1) is 17.0. The van der Waals surface area contributed by atoms with Crippen molar-refractivity contribution in [2.24, 2.45) is 0 Å². The molecular weight excluding hydrogens is 276 g/mol. The van der Waals surface area contributed by atoms with Crippen molar-refractivity contribution in [3.63, 3.8) is 0 Å². The molecule has 0 radical (unpaired) electrons. The van der Waals surface area contributed by atoms with Crippen LogP contribution in [-0.2, 0) is 14.3 Å². The molecule has 0 aliphatic carbocycles. The number of imidazole rings is 1. The van der Waals surface area contributed by atoms with Gasteiger partial charge in [0.2, 0.25) is 5.91 Å². The summed E-state index contributed by atoms with van der Waals surface area (Å²) in [7, 11) is 1.55. The molecule has 1 rings (SSSR count). The van der Waals surface area contributed by atoms with Crippen molar-refractivity contribution in [3.05, 3.63) is 11.5 Å². The summed E-state index contributed by atoms with van der Waals surface area (Å²) in [5.74, 6) is -0.219. The molecular formula is C13H22N4O4. The van der Waals surface area contributed by atoms with E-state index in [9.17, 15) is 9.59 Å². The molecule has 118 valence electrons. The molecule has 0 fully saturated rings. The van der Waals surface area contributed by atoms with Crippen molar-refractivity contribution in [3.8, 4) is 0 Å². The van der Waals surface area contributed by atoms with Gasteiger partial charge in [-0.25, -0.2) is 9.78 Å². The Balaban J connectivity index is 2.92. The number of aryl methyl sites for hydroxylation is 1. The number of rotatable bonds is 7. The van der Waals surface area contributed by atoms with Gasteiger partial charge in [0.05, 0.1) is 13.2 Å². The number of methoxy groups -OCH3 is 1. The molecule has 0 aromatic carbocycles. The molecule has 0 spiro atoms. The van der Waals surface area contributed by atoms with Crippen LogP contribution in [0.5, 0.6) is 0 Å². The monoisotopic (exact) mass is 298 g/mol. The topological polar surface area (TPSA) is 108 Å². The Labute approximate surface area is 123 Å². The van der Waals surface area contributed by atoms with Crippen molar-refractivity contribution in [1.82, 2.24) is 14.9 Å². The molecule has 1 amide bonds. The molecule has 3 N–H and O–H groups in total. The second kappa shape index (κ2) is 7.63. The first-order chi connectivity index (χ1) is 9.93. The summed E-state index contributed by atoms with van der Waals surface area (Å²) in [6.07, 6.45) is 0. The van der Waals surface area contributed by atoms with Gasteiger partial charge < -0.3 is 25.1 Å². The smallest absolute Gasteiger partial charge is 0.360 e. The zero-order valence-electron chi connectivity index (χ0n) is 12.8. The van der Waals surface area contributed by atoms with E-state index in [1.807, 2.05) is 0 Å². The normalized spacial score (nSPS) is 12.0. The number of nitrogen functional groups attached to an aromatic ring is 1. The average molecular weight is 298 g/mol. The minimum absolute atomic E-state index is 0.0332. The lowest BCUT2D eigenvalue weighted by Crippen LogP contribution is -2.34. The Bertz CT molecular complexity index is 513. The number of nitrogens with zero attached hydrogens (tertiary/aromatic N) is 2. The Morgan fingerprint density at radius 3 is 2.71 bits per heavy atom.